The molecule has 0 aliphatic carbocycles. The zero-order chi connectivity index (χ0) is 27.6. The standard InChI is InChI=1S/C33H24FN3O3/c34-29-8-4-7-25-15-22(11-14-27(25)29)16-30-31-28(32(38)35-18-21-9-12-24(13-10-21)33(39)40)17-26(19-37(31)20-36-30)23-5-2-1-3-6-23/h1-15,17,19-20H,16,18H2,(H,35,38)(H,39,40). The van der Waals surface area contributed by atoms with Crippen molar-refractivity contribution in [3.63, 3.8) is 0 Å². The van der Waals surface area contributed by atoms with Crippen LogP contribution < -0.4 is 5.32 Å². The van der Waals surface area contributed by atoms with E-state index in [2.05, 4.69) is 10.3 Å². The summed E-state index contributed by atoms with van der Waals surface area (Å²) in [6.07, 6.45) is 4.13. The topological polar surface area (TPSA) is 83.7 Å². The number of carbonyl (C=O) groups excluding carboxylic acids is 1. The van der Waals surface area contributed by atoms with E-state index in [1.165, 1.54) is 18.2 Å². The van der Waals surface area contributed by atoms with Gasteiger partial charge in [-0.1, -0.05) is 72.8 Å². The van der Waals surface area contributed by atoms with Gasteiger partial charge in [0, 0.05) is 24.5 Å². The third-order valence-electron chi connectivity index (χ3n) is 6.97. The van der Waals surface area contributed by atoms with Crippen LogP contribution in [0.1, 0.15) is 37.5 Å². The lowest BCUT2D eigenvalue weighted by molar-refractivity contribution is 0.0696. The maximum absolute atomic E-state index is 14.2. The molecule has 0 saturated carbocycles. The number of rotatable bonds is 7. The van der Waals surface area contributed by atoms with Crippen molar-refractivity contribution in [3.8, 4) is 11.1 Å². The molecular formula is C33H24FN3O3. The highest BCUT2D eigenvalue weighted by Gasteiger charge is 2.18. The molecular weight excluding hydrogens is 505 g/mol. The SMILES string of the molecule is O=C(O)c1ccc(CNC(=O)c2cc(-c3ccccc3)cn3cnc(Cc4ccc5c(F)cccc5c4)c23)cc1. The van der Waals surface area contributed by atoms with E-state index in [0.29, 0.717) is 22.9 Å². The molecule has 6 nitrogen and oxygen atoms in total. The number of nitrogens with zero attached hydrogens (tertiary/aromatic N) is 2. The number of aromatic nitrogens is 2. The Hall–Kier alpha value is -5.30. The number of carbonyl (C=O) groups is 2. The summed E-state index contributed by atoms with van der Waals surface area (Å²) < 4.78 is 16.1. The predicted molar refractivity (Wildman–Crippen MR) is 152 cm³/mol. The summed E-state index contributed by atoms with van der Waals surface area (Å²) in [7, 11) is 0. The molecule has 1 amide bonds. The van der Waals surface area contributed by atoms with E-state index in [0.717, 1.165) is 33.3 Å². The summed E-state index contributed by atoms with van der Waals surface area (Å²) in [6, 6.07) is 28.7. The fraction of sp³-hybridized carbons (Fsp3) is 0.0606. The first kappa shape index (κ1) is 25.0. The summed E-state index contributed by atoms with van der Waals surface area (Å²) in [5.74, 6) is -1.53. The van der Waals surface area contributed by atoms with Crippen LogP contribution in [0.25, 0.3) is 27.4 Å². The second-order valence-corrected chi connectivity index (χ2v) is 9.61. The zero-order valence-electron chi connectivity index (χ0n) is 21.3. The largest absolute Gasteiger partial charge is 0.478 e. The highest BCUT2D eigenvalue weighted by Crippen LogP contribution is 2.27. The number of amides is 1. The van der Waals surface area contributed by atoms with E-state index in [1.807, 2.05) is 65.2 Å². The van der Waals surface area contributed by atoms with Crippen molar-refractivity contribution in [2.45, 2.75) is 13.0 Å². The van der Waals surface area contributed by atoms with Gasteiger partial charge in [0.25, 0.3) is 5.91 Å². The van der Waals surface area contributed by atoms with Gasteiger partial charge in [0.15, 0.2) is 0 Å². The van der Waals surface area contributed by atoms with Crippen LogP contribution in [0, 0.1) is 5.82 Å². The lowest BCUT2D eigenvalue weighted by Crippen LogP contribution is -2.23. The van der Waals surface area contributed by atoms with Crippen molar-refractivity contribution < 1.29 is 19.1 Å². The van der Waals surface area contributed by atoms with Gasteiger partial charge in [0.2, 0.25) is 0 Å². The number of benzene rings is 4. The minimum absolute atomic E-state index is 0.188. The Balaban J connectivity index is 1.37. The number of pyridine rings is 1. The third-order valence-corrected chi connectivity index (χ3v) is 6.97. The van der Waals surface area contributed by atoms with Gasteiger partial charge in [0.05, 0.1) is 28.7 Å². The Morgan fingerprint density at radius 3 is 2.40 bits per heavy atom. The van der Waals surface area contributed by atoms with E-state index in [4.69, 9.17) is 5.11 Å². The van der Waals surface area contributed by atoms with Crippen molar-refractivity contribution in [1.82, 2.24) is 14.7 Å². The normalized spacial score (nSPS) is 11.1. The number of carboxylic acid groups (broad SMARTS) is 1. The molecule has 0 aliphatic rings. The molecule has 0 aliphatic heterocycles. The Morgan fingerprint density at radius 2 is 1.62 bits per heavy atom. The van der Waals surface area contributed by atoms with Gasteiger partial charge in [0.1, 0.15) is 5.82 Å². The van der Waals surface area contributed by atoms with Crippen LogP contribution in [0.2, 0.25) is 0 Å². The van der Waals surface area contributed by atoms with Gasteiger partial charge in [-0.05, 0) is 51.9 Å². The Kier molecular flexibility index (Phi) is 6.54. The maximum Gasteiger partial charge on any atom is 0.335 e. The third kappa shape index (κ3) is 4.92. The molecule has 0 spiro atoms. The highest BCUT2D eigenvalue weighted by molar-refractivity contribution is 6.02. The van der Waals surface area contributed by atoms with Gasteiger partial charge in [-0.15, -0.1) is 0 Å². The van der Waals surface area contributed by atoms with Gasteiger partial charge in [-0.3, -0.25) is 4.79 Å². The monoisotopic (exact) mass is 529 g/mol. The number of hydrogen-bond donors (Lipinski definition) is 2. The van der Waals surface area contributed by atoms with Crippen LogP contribution in [0.4, 0.5) is 4.39 Å². The summed E-state index contributed by atoms with van der Waals surface area (Å²) in [6.45, 7) is 0.236. The number of hydrogen-bond acceptors (Lipinski definition) is 3. The average molecular weight is 530 g/mol. The van der Waals surface area contributed by atoms with Crippen LogP contribution >= 0.6 is 0 Å². The first-order valence-electron chi connectivity index (χ1n) is 12.8. The van der Waals surface area contributed by atoms with Gasteiger partial charge < -0.3 is 14.8 Å². The second-order valence-electron chi connectivity index (χ2n) is 9.61. The van der Waals surface area contributed by atoms with E-state index in [-0.39, 0.29) is 23.8 Å². The van der Waals surface area contributed by atoms with Crippen molar-refractivity contribution >= 4 is 28.2 Å². The van der Waals surface area contributed by atoms with Crippen LogP contribution in [-0.2, 0) is 13.0 Å². The fourth-order valence-corrected chi connectivity index (χ4v) is 4.93. The molecule has 6 aromatic rings. The number of halogens is 1. The highest BCUT2D eigenvalue weighted by atomic mass is 19.1. The maximum atomic E-state index is 14.2. The first-order valence-corrected chi connectivity index (χ1v) is 12.8. The summed E-state index contributed by atoms with van der Waals surface area (Å²) in [4.78, 5) is 29.4. The second kappa shape index (κ2) is 10.5. The summed E-state index contributed by atoms with van der Waals surface area (Å²) >= 11 is 0. The van der Waals surface area contributed by atoms with Gasteiger partial charge in [-0.2, -0.15) is 0 Å². The molecule has 0 atom stereocenters. The number of carboxylic acids is 1. The Labute approximate surface area is 229 Å². The molecule has 4 aromatic carbocycles. The Morgan fingerprint density at radius 1 is 0.850 bits per heavy atom. The van der Waals surface area contributed by atoms with Crippen molar-refractivity contribution in [2.75, 3.05) is 0 Å². The minimum Gasteiger partial charge on any atom is -0.478 e. The molecule has 40 heavy (non-hydrogen) atoms. The zero-order valence-corrected chi connectivity index (χ0v) is 21.3. The molecule has 0 unspecified atom stereocenters. The molecule has 6 rings (SSSR count). The van der Waals surface area contributed by atoms with Gasteiger partial charge in [-0.25, -0.2) is 14.2 Å². The van der Waals surface area contributed by atoms with E-state index >= 15 is 0 Å². The smallest absolute Gasteiger partial charge is 0.335 e. The molecule has 0 saturated heterocycles. The number of aromatic carboxylic acids is 1. The number of nitrogens with one attached hydrogen (secondary N) is 1. The first-order chi connectivity index (χ1) is 19.5. The Bertz CT molecular complexity index is 1880. The van der Waals surface area contributed by atoms with E-state index in [1.54, 1.807) is 30.6 Å². The van der Waals surface area contributed by atoms with Crippen molar-refractivity contribution in [3.05, 3.63) is 143 Å². The molecule has 2 aromatic heterocycles. The molecule has 0 bridgehead atoms. The molecule has 0 fully saturated rings. The summed E-state index contributed by atoms with van der Waals surface area (Å²) in [5, 5.41) is 13.5. The van der Waals surface area contributed by atoms with Crippen LogP contribution in [-0.4, -0.2) is 26.4 Å². The fourth-order valence-electron chi connectivity index (χ4n) is 4.93. The quantitative estimate of drug-likeness (QED) is 0.247. The van der Waals surface area contributed by atoms with E-state index in [9.17, 15) is 14.0 Å². The summed E-state index contributed by atoms with van der Waals surface area (Å²) in [5.41, 5.74) is 5.66. The molecule has 196 valence electrons. The van der Waals surface area contributed by atoms with Crippen LogP contribution in [0.5, 0.6) is 0 Å². The molecule has 7 heteroatoms. The molecule has 2 heterocycles. The van der Waals surface area contributed by atoms with Crippen LogP contribution in [0.15, 0.2) is 110 Å². The molecule has 2 N–H and O–H groups in total. The van der Waals surface area contributed by atoms with Gasteiger partial charge >= 0.3 is 5.97 Å². The number of imidazole rings is 1. The predicted octanol–water partition coefficient (Wildman–Crippen LogP) is 6.51. The average Bonchev–Trinajstić information content (AvgIpc) is 3.38. The number of fused-ring (bicyclic) bond motifs is 2. The lowest BCUT2D eigenvalue weighted by atomic mass is 10.0. The van der Waals surface area contributed by atoms with Crippen molar-refractivity contribution in [1.29, 1.82) is 0 Å². The van der Waals surface area contributed by atoms with E-state index < -0.39 is 5.97 Å². The van der Waals surface area contributed by atoms with Crippen molar-refractivity contribution in [2.24, 2.45) is 0 Å². The lowest BCUT2D eigenvalue weighted by Gasteiger charge is -2.12. The minimum atomic E-state index is -1.000. The molecule has 0 radical (unpaired) electrons. The van der Waals surface area contributed by atoms with Crippen LogP contribution in [0.3, 0.4) is 0 Å².